The zero-order chi connectivity index (χ0) is 24.5. The molecule has 7 rings (SSSR count). The number of rotatable bonds is 1. The van der Waals surface area contributed by atoms with Gasteiger partial charge in [-0.15, -0.1) is 11.3 Å². The molecule has 2 unspecified atom stereocenters. The molecule has 1 aromatic heterocycles. The number of hydrogen-bond donors (Lipinski definition) is 0. The number of fused-ring (bicyclic) bond motifs is 5. The van der Waals surface area contributed by atoms with Crippen molar-refractivity contribution in [3.8, 4) is 0 Å². The molecule has 36 heavy (non-hydrogen) atoms. The van der Waals surface area contributed by atoms with Crippen LogP contribution in [0.5, 0.6) is 0 Å². The number of allylic oxidation sites excluding steroid dienone is 4. The fraction of sp³-hybridized carbons (Fsp3) is 0.182. The lowest BCUT2D eigenvalue weighted by atomic mass is 9.71. The summed E-state index contributed by atoms with van der Waals surface area (Å²) >= 11 is 5.38. The van der Waals surface area contributed by atoms with Crippen molar-refractivity contribution < 1.29 is 0 Å². The van der Waals surface area contributed by atoms with Gasteiger partial charge in [0.15, 0.2) is 0 Å². The Bertz CT molecular complexity index is 1540. The predicted molar refractivity (Wildman–Crippen MR) is 160 cm³/mol. The molecule has 3 aliphatic rings. The largest absolute Gasteiger partial charge is 0.269 e. The number of aliphatic imine (C=N–C) groups is 1. The Morgan fingerprint density at radius 2 is 1.83 bits per heavy atom. The van der Waals surface area contributed by atoms with E-state index in [1.165, 1.54) is 43.5 Å². The number of hydrogen-bond acceptors (Lipinski definition) is 2. The maximum Gasteiger partial charge on any atom is 0.0321 e. The summed E-state index contributed by atoms with van der Waals surface area (Å²) in [5, 5.41) is 4.85. The molecule has 2 atom stereocenters. The third-order valence-electron chi connectivity index (χ3n) is 7.51. The van der Waals surface area contributed by atoms with Crippen LogP contribution in [-0.2, 0) is 12.8 Å². The SMILES string of the molecule is C1=Cc2sccc2CC=N1.CC1Cc2c(ccc3cc(Br)ccc23)C2=C1CC(c1ccccc1)C=C2. The van der Waals surface area contributed by atoms with Crippen LogP contribution in [-0.4, -0.2) is 6.21 Å². The highest BCUT2D eigenvalue weighted by Gasteiger charge is 2.28. The normalized spacial score (nSPS) is 19.7. The monoisotopic (exact) mass is 549 g/mol. The summed E-state index contributed by atoms with van der Waals surface area (Å²) in [4.78, 5) is 5.40. The van der Waals surface area contributed by atoms with Crippen LogP contribution >= 0.6 is 27.3 Å². The summed E-state index contributed by atoms with van der Waals surface area (Å²) in [5.74, 6) is 1.11. The first kappa shape index (κ1) is 23.4. The molecule has 0 N–H and O–H groups in total. The maximum atomic E-state index is 4.06. The Morgan fingerprint density at radius 3 is 2.72 bits per heavy atom. The predicted octanol–water partition coefficient (Wildman–Crippen LogP) is 9.64. The third kappa shape index (κ3) is 4.58. The summed E-state index contributed by atoms with van der Waals surface area (Å²) in [7, 11) is 0. The molecule has 0 spiro atoms. The van der Waals surface area contributed by atoms with E-state index < -0.39 is 0 Å². The quantitative estimate of drug-likeness (QED) is 0.224. The molecule has 1 aliphatic heterocycles. The smallest absolute Gasteiger partial charge is 0.0321 e. The Kier molecular flexibility index (Phi) is 6.60. The highest BCUT2D eigenvalue weighted by atomic mass is 79.9. The molecule has 3 aromatic carbocycles. The summed E-state index contributed by atoms with van der Waals surface area (Å²) in [6, 6.07) is 24.3. The van der Waals surface area contributed by atoms with Crippen molar-refractivity contribution >= 4 is 55.9 Å². The molecule has 1 nitrogen and oxygen atoms in total. The van der Waals surface area contributed by atoms with Crippen molar-refractivity contribution in [1.82, 2.24) is 0 Å². The molecule has 0 amide bonds. The van der Waals surface area contributed by atoms with E-state index in [1.54, 1.807) is 16.9 Å². The van der Waals surface area contributed by atoms with Gasteiger partial charge in [0.25, 0.3) is 0 Å². The van der Waals surface area contributed by atoms with Crippen LogP contribution in [0.2, 0.25) is 0 Å². The molecule has 2 aliphatic carbocycles. The second kappa shape index (κ2) is 10.2. The fourth-order valence-corrected chi connectivity index (χ4v) is 6.84. The average molecular weight is 551 g/mol. The fourth-order valence-electron chi connectivity index (χ4n) is 5.64. The third-order valence-corrected chi connectivity index (χ3v) is 8.92. The van der Waals surface area contributed by atoms with Crippen LogP contribution in [0.15, 0.2) is 106 Å². The van der Waals surface area contributed by atoms with Gasteiger partial charge in [-0.05, 0) is 87.0 Å². The lowest BCUT2D eigenvalue weighted by Crippen LogP contribution is -2.18. The van der Waals surface area contributed by atoms with Gasteiger partial charge in [0, 0.05) is 34.1 Å². The average Bonchev–Trinajstić information content (AvgIpc) is 3.24. The molecule has 0 radical (unpaired) electrons. The molecular weight excluding hydrogens is 522 g/mol. The minimum Gasteiger partial charge on any atom is -0.269 e. The van der Waals surface area contributed by atoms with Gasteiger partial charge in [-0.1, -0.05) is 89.1 Å². The van der Waals surface area contributed by atoms with E-state index in [9.17, 15) is 0 Å². The van der Waals surface area contributed by atoms with Crippen molar-refractivity contribution in [2.45, 2.75) is 32.1 Å². The topological polar surface area (TPSA) is 12.4 Å². The van der Waals surface area contributed by atoms with E-state index in [-0.39, 0.29) is 0 Å². The number of benzene rings is 3. The minimum absolute atomic E-state index is 0.510. The van der Waals surface area contributed by atoms with Gasteiger partial charge < -0.3 is 0 Å². The van der Waals surface area contributed by atoms with Crippen LogP contribution in [0.3, 0.4) is 0 Å². The Balaban J connectivity index is 0.000000200. The van der Waals surface area contributed by atoms with E-state index in [1.807, 2.05) is 12.4 Å². The van der Waals surface area contributed by atoms with Crippen LogP contribution in [0.25, 0.3) is 22.4 Å². The van der Waals surface area contributed by atoms with Crippen LogP contribution in [0.4, 0.5) is 0 Å². The van der Waals surface area contributed by atoms with Gasteiger partial charge in [-0.3, -0.25) is 4.99 Å². The highest BCUT2D eigenvalue weighted by molar-refractivity contribution is 9.10. The number of thiophene rings is 1. The van der Waals surface area contributed by atoms with Gasteiger partial charge in [0.05, 0.1) is 0 Å². The maximum absolute atomic E-state index is 4.06. The molecule has 0 bridgehead atoms. The Morgan fingerprint density at radius 1 is 0.944 bits per heavy atom. The van der Waals surface area contributed by atoms with E-state index in [0.29, 0.717) is 11.8 Å². The van der Waals surface area contributed by atoms with Crippen molar-refractivity contribution in [1.29, 1.82) is 0 Å². The summed E-state index contributed by atoms with van der Waals surface area (Å²) < 4.78 is 1.15. The van der Waals surface area contributed by atoms with Crippen molar-refractivity contribution in [3.05, 3.63) is 128 Å². The first-order valence-corrected chi connectivity index (χ1v) is 14.3. The highest BCUT2D eigenvalue weighted by Crippen LogP contribution is 2.45. The van der Waals surface area contributed by atoms with Crippen molar-refractivity contribution in [2.24, 2.45) is 10.9 Å². The first-order chi connectivity index (χ1) is 17.7. The van der Waals surface area contributed by atoms with Gasteiger partial charge in [-0.2, -0.15) is 0 Å². The van der Waals surface area contributed by atoms with E-state index in [2.05, 4.69) is 118 Å². The van der Waals surface area contributed by atoms with Gasteiger partial charge in [0.2, 0.25) is 0 Å². The Labute approximate surface area is 225 Å². The lowest BCUT2D eigenvalue weighted by Gasteiger charge is -2.33. The van der Waals surface area contributed by atoms with Crippen LogP contribution in [0.1, 0.15) is 46.4 Å². The van der Waals surface area contributed by atoms with Crippen LogP contribution < -0.4 is 0 Å². The first-order valence-electron chi connectivity index (χ1n) is 12.6. The molecule has 3 heteroatoms. The summed E-state index contributed by atoms with van der Waals surface area (Å²) in [6.07, 6.45) is 13.9. The molecule has 2 heterocycles. The van der Waals surface area contributed by atoms with E-state index >= 15 is 0 Å². The summed E-state index contributed by atoms with van der Waals surface area (Å²) in [6.45, 7) is 2.40. The standard InChI is InChI=1S/C25H21Br.C8H7NS/c1-16-13-25-21-12-9-20(26)14-19(21)8-11-23(25)22-10-7-18(15-24(16)22)17-5-3-2-4-6-17;1-4-9-5-2-8-7(1)3-6-10-8/h2-12,14,16,18H,13,15H2,1H3;2-6H,1H2. The number of nitrogens with zero attached hydrogens (tertiary/aromatic N) is 1. The zero-order valence-electron chi connectivity index (χ0n) is 20.3. The van der Waals surface area contributed by atoms with Gasteiger partial charge in [-0.25, -0.2) is 0 Å². The molecule has 0 fully saturated rings. The number of halogens is 1. The molecule has 4 aromatic rings. The van der Waals surface area contributed by atoms with Crippen molar-refractivity contribution in [3.63, 3.8) is 0 Å². The van der Waals surface area contributed by atoms with E-state index in [0.717, 1.165) is 23.7 Å². The Hall–Kier alpha value is -3.01. The molecule has 178 valence electrons. The van der Waals surface area contributed by atoms with E-state index in [4.69, 9.17) is 0 Å². The molecular formula is C33H28BrNS. The zero-order valence-corrected chi connectivity index (χ0v) is 22.7. The van der Waals surface area contributed by atoms with Crippen LogP contribution in [0, 0.1) is 5.92 Å². The molecule has 0 saturated heterocycles. The minimum atomic E-state index is 0.510. The lowest BCUT2D eigenvalue weighted by molar-refractivity contribution is 0.614. The summed E-state index contributed by atoms with van der Waals surface area (Å²) in [5.41, 5.74) is 8.87. The molecule has 0 saturated carbocycles. The van der Waals surface area contributed by atoms with Gasteiger partial charge >= 0.3 is 0 Å². The van der Waals surface area contributed by atoms with Gasteiger partial charge in [0.1, 0.15) is 0 Å². The second-order valence-corrected chi connectivity index (χ2v) is 11.6. The van der Waals surface area contributed by atoms with Crippen molar-refractivity contribution in [2.75, 3.05) is 0 Å². The second-order valence-electron chi connectivity index (χ2n) is 9.74.